The highest BCUT2D eigenvalue weighted by atomic mass is 19.4. The summed E-state index contributed by atoms with van der Waals surface area (Å²) in [4.78, 5) is 0. The lowest BCUT2D eigenvalue weighted by Gasteiger charge is -2.14. The number of hydrogen-bond acceptors (Lipinski definition) is 2. The van der Waals surface area contributed by atoms with Gasteiger partial charge in [-0.05, 0) is 23.8 Å². The number of aliphatic hydroxyl groups is 1. The van der Waals surface area contributed by atoms with Crippen molar-refractivity contribution in [3.05, 3.63) is 59.8 Å². The normalized spacial score (nSPS) is 12.0. The van der Waals surface area contributed by atoms with Gasteiger partial charge in [0.15, 0.2) is 0 Å². The van der Waals surface area contributed by atoms with E-state index in [1.165, 1.54) is 23.0 Å². The van der Waals surface area contributed by atoms with E-state index in [2.05, 4.69) is 5.10 Å². The molecule has 0 aliphatic carbocycles. The summed E-state index contributed by atoms with van der Waals surface area (Å²) in [6, 6.07) is 10.8. The standard InChI is InChI=1S/C15H11F3N2O/c16-15(17,18)12-7-10(9-21)5-6-14(12)20-13-4-2-1-3-11(13)8-19-20/h1-8,21H,9H2. The van der Waals surface area contributed by atoms with Gasteiger partial charge in [-0.1, -0.05) is 24.3 Å². The Kier molecular flexibility index (Phi) is 3.17. The fourth-order valence-corrected chi connectivity index (χ4v) is 2.26. The first kappa shape index (κ1) is 13.6. The summed E-state index contributed by atoms with van der Waals surface area (Å²) in [7, 11) is 0. The van der Waals surface area contributed by atoms with E-state index in [4.69, 9.17) is 5.11 Å². The summed E-state index contributed by atoms with van der Waals surface area (Å²) in [5.74, 6) is 0. The first-order valence-corrected chi connectivity index (χ1v) is 6.25. The molecule has 0 aliphatic rings. The van der Waals surface area contributed by atoms with E-state index in [0.717, 1.165) is 11.5 Å². The van der Waals surface area contributed by atoms with Crippen LogP contribution in [0.4, 0.5) is 13.2 Å². The molecule has 1 aromatic heterocycles. The molecule has 0 unspecified atom stereocenters. The Morgan fingerprint density at radius 3 is 2.57 bits per heavy atom. The summed E-state index contributed by atoms with van der Waals surface area (Å²) in [5.41, 5.74) is -0.0638. The molecule has 0 amide bonds. The molecule has 21 heavy (non-hydrogen) atoms. The van der Waals surface area contributed by atoms with E-state index in [0.29, 0.717) is 5.52 Å². The van der Waals surface area contributed by atoms with Crippen LogP contribution < -0.4 is 0 Å². The van der Waals surface area contributed by atoms with Gasteiger partial charge in [-0.25, -0.2) is 4.68 Å². The number of alkyl halides is 3. The van der Waals surface area contributed by atoms with Crippen LogP contribution in [-0.4, -0.2) is 14.9 Å². The number of para-hydroxylation sites is 1. The van der Waals surface area contributed by atoms with E-state index in [1.54, 1.807) is 24.3 Å². The quantitative estimate of drug-likeness (QED) is 0.784. The third kappa shape index (κ3) is 2.38. The Balaban J connectivity index is 2.27. The van der Waals surface area contributed by atoms with Crippen molar-refractivity contribution in [1.29, 1.82) is 0 Å². The third-order valence-corrected chi connectivity index (χ3v) is 3.25. The van der Waals surface area contributed by atoms with Gasteiger partial charge >= 0.3 is 6.18 Å². The monoisotopic (exact) mass is 292 g/mol. The molecule has 3 aromatic rings. The fraction of sp³-hybridized carbons (Fsp3) is 0.133. The minimum atomic E-state index is -4.52. The maximum Gasteiger partial charge on any atom is 0.418 e. The van der Waals surface area contributed by atoms with Crippen LogP contribution in [0.25, 0.3) is 16.6 Å². The SMILES string of the molecule is OCc1ccc(-n2ncc3ccccc32)c(C(F)(F)F)c1. The molecule has 0 saturated carbocycles. The lowest BCUT2D eigenvalue weighted by Crippen LogP contribution is -2.12. The van der Waals surface area contributed by atoms with Gasteiger partial charge in [-0.2, -0.15) is 18.3 Å². The van der Waals surface area contributed by atoms with Crippen molar-refractivity contribution in [2.24, 2.45) is 0 Å². The second-order valence-corrected chi connectivity index (χ2v) is 4.62. The van der Waals surface area contributed by atoms with Gasteiger partial charge < -0.3 is 5.11 Å². The minimum absolute atomic E-state index is 0.0547. The van der Waals surface area contributed by atoms with Crippen molar-refractivity contribution in [2.45, 2.75) is 12.8 Å². The number of nitrogens with zero attached hydrogens (tertiary/aromatic N) is 2. The van der Waals surface area contributed by atoms with Gasteiger partial charge in [0.25, 0.3) is 0 Å². The van der Waals surface area contributed by atoms with Crippen molar-refractivity contribution in [3.63, 3.8) is 0 Å². The Hall–Kier alpha value is -2.34. The predicted molar refractivity (Wildman–Crippen MR) is 72.0 cm³/mol. The van der Waals surface area contributed by atoms with Gasteiger partial charge in [0.2, 0.25) is 0 Å². The van der Waals surface area contributed by atoms with Gasteiger partial charge in [0.1, 0.15) is 0 Å². The van der Waals surface area contributed by atoms with Crippen LogP contribution in [0.3, 0.4) is 0 Å². The van der Waals surface area contributed by atoms with Crippen molar-refractivity contribution < 1.29 is 18.3 Å². The smallest absolute Gasteiger partial charge is 0.392 e. The van der Waals surface area contributed by atoms with Crippen LogP contribution in [0, 0.1) is 0 Å². The second-order valence-electron chi connectivity index (χ2n) is 4.62. The first-order valence-electron chi connectivity index (χ1n) is 6.25. The maximum atomic E-state index is 13.2. The average Bonchev–Trinajstić information content (AvgIpc) is 2.89. The zero-order valence-electron chi connectivity index (χ0n) is 10.8. The van der Waals surface area contributed by atoms with Crippen LogP contribution in [0.2, 0.25) is 0 Å². The van der Waals surface area contributed by atoms with Crippen molar-refractivity contribution in [2.75, 3.05) is 0 Å². The molecule has 0 fully saturated rings. The summed E-state index contributed by atoms with van der Waals surface area (Å²) < 4.78 is 41.0. The van der Waals surface area contributed by atoms with Crippen LogP contribution in [-0.2, 0) is 12.8 Å². The molecule has 0 radical (unpaired) electrons. The van der Waals surface area contributed by atoms with Crippen LogP contribution in [0.1, 0.15) is 11.1 Å². The molecule has 0 atom stereocenters. The van der Waals surface area contributed by atoms with E-state index < -0.39 is 18.3 Å². The lowest BCUT2D eigenvalue weighted by molar-refractivity contribution is -0.137. The molecule has 0 bridgehead atoms. The van der Waals surface area contributed by atoms with Crippen molar-refractivity contribution >= 4 is 10.9 Å². The van der Waals surface area contributed by atoms with Crippen molar-refractivity contribution in [1.82, 2.24) is 9.78 Å². The molecule has 0 aliphatic heterocycles. The Bertz CT molecular complexity index is 793. The van der Waals surface area contributed by atoms with Crippen molar-refractivity contribution in [3.8, 4) is 5.69 Å². The number of halogens is 3. The van der Waals surface area contributed by atoms with E-state index in [1.807, 2.05) is 0 Å². The largest absolute Gasteiger partial charge is 0.418 e. The van der Waals surface area contributed by atoms with Gasteiger partial charge in [-0.3, -0.25) is 0 Å². The van der Waals surface area contributed by atoms with Gasteiger partial charge in [0, 0.05) is 5.39 Å². The number of hydrogen-bond donors (Lipinski definition) is 1. The topological polar surface area (TPSA) is 38.0 Å². The minimum Gasteiger partial charge on any atom is -0.392 e. The summed E-state index contributed by atoms with van der Waals surface area (Å²) >= 11 is 0. The molecule has 3 nitrogen and oxygen atoms in total. The molecular weight excluding hydrogens is 281 g/mol. The number of benzene rings is 2. The summed E-state index contributed by atoms with van der Waals surface area (Å²) in [5, 5.41) is 13.8. The number of aliphatic hydroxyl groups excluding tert-OH is 1. The molecule has 0 saturated heterocycles. The second kappa shape index (κ2) is 4.89. The maximum absolute atomic E-state index is 13.2. The molecule has 108 valence electrons. The number of aromatic nitrogens is 2. The third-order valence-electron chi connectivity index (χ3n) is 3.25. The lowest BCUT2D eigenvalue weighted by atomic mass is 10.1. The summed E-state index contributed by atoms with van der Waals surface area (Å²) in [6.45, 7) is -0.441. The highest BCUT2D eigenvalue weighted by Gasteiger charge is 2.34. The number of fused-ring (bicyclic) bond motifs is 1. The highest BCUT2D eigenvalue weighted by Crippen LogP contribution is 2.35. The average molecular weight is 292 g/mol. The summed E-state index contributed by atoms with van der Waals surface area (Å²) in [6.07, 6.45) is -3.00. The molecule has 1 heterocycles. The van der Waals surface area contributed by atoms with E-state index >= 15 is 0 Å². The molecule has 0 spiro atoms. The molecule has 6 heteroatoms. The van der Waals surface area contributed by atoms with Gasteiger partial charge in [0.05, 0.1) is 29.6 Å². The Morgan fingerprint density at radius 2 is 1.86 bits per heavy atom. The molecule has 3 rings (SSSR count). The zero-order chi connectivity index (χ0) is 15.0. The van der Waals surface area contributed by atoms with Crippen LogP contribution in [0.15, 0.2) is 48.7 Å². The van der Waals surface area contributed by atoms with E-state index in [-0.39, 0.29) is 11.3 Å². The molecule has 1 N–H and O–H groups in total. The fourth-order valence-electron chi connectivity index (χ4n) is 2.26. The predicted octanol–water partition coefficient (Wildman–Crippen LogP) is 3.54. The zero-order valence-corrected chi connectivity index (χ0v) is 10.8. The number of rotatable bonds is 2. The molecule has 2 aromatic carbocycles. The Labute approximate surface area is 118 Å². The highest BCUT2D eigenvalue weighted by molar-refractivity contribution is 5.80. The first-order chi connectivity index (χ1) is 10.0. The molecular formula is C15H11F3N2O. The van der Waals surface area contributed by atoms with Gasteiger partial charge in [-0.15, -0.1) is 0 Å². The van der Waals surface area contributed by atoms with Crippen LogP contribution in [0.5, 0.6) is 0 Å². The van der Waals surface area contributed by atoms with Crippen LogP contribution >= 0.6 is 0 Å². The van der Waals surface area contributed by atoms with E-state index in [9.17, 15) is 13.2 Å². The Morgan fingerprint density at radius 1 is 1.10 bits per heavy atom.